The first-order valence-corrected chi connectivity index (χ1v) is 5.56. The molecule has 0 spiro atoms. The van der Waals surface area contributed by atoms with Crippen LogP contribution in [-0.2, 0) is 4.74 Å². The van der Waals surface area contributed by atoms with Gasteiger partial charge in [-0.2, -0.15) is 0 Å². The largest absolute Gasteiger partial charge is 0.383 e. The Bertz CT molecular complexity index is 338. The Morgan fingerprint density at radius 2 is 2.33 bits per heavy atom. The molecule has 1 heterocycles. The molecule has 5 heteroatoms. The Hall–Kier alpha value is -0.940. The third kappa shape index (κ3) is 2.76. The predicted molar refractivity (Wildman–Crippen MR) is 62.0 cm³/mol. The molecule has 0 aromatic carbocycles. The molecule has 1 rings (SSSR count). The molecule has 1 aromatic rings. The monoisotopic (exact) mass is 228 g/mol. The summed E-state index contributed by atoms with van der Waals surface area (Å²) in [5, 5.41) is 0.860. The number of hydrogen-bond acceptors (Lipinski definition) is 5. The van der Waals surface area contributed by atoms with Gasteiger partial charge in [0.25, 0.3) is 0 Å². The minimum atomic E-state index is 0.250. The van der Waals surface area contributed by atoms with Crippen molar-refractivity contribution in [3.8, 4) is 0 Å². The first kappa shape index (κ1) is 12.1. The number of carbonyl (C=O) groups excluding carboxylic acids is 1. The van der Waals surface area contributed by atoms with Crippen LogP contribution >= 0.6 is 11.3 Å². The highest BCUT2D eigenvalue weighted by Gasteiger charge is 2.15. The lowest BCUT2D eigenvalue weighted by molar-refractivity contribution is 0.112. The topological polar surface area (TPSA) is 42.4 Å². The molecule has 0 aliphatic rings. The van der Waals surface area contributed by atoms with Crippen LogP contribution in [0.2, 0.25) is 0 Å². The lowest BCUT2D eigenvalue weighted by atomic mass is 10.3. The second-order valence-corrected chi connectivity index (χ2v) is 4.49. The summed E-state index contributed by atoms with van der Waals surface area (Å²) in [4.78, 5) is 17.7. The van der Waals surface area contributed by atoms with Gasteiger partial charge in [-0.1, -0.05) is 11.3 Å². The molecular formula is C10H16N2O2S. The van der Waals surface area contributed by atoms with Gasteiger partial charge in [0.05, 0.1) is 23.2 Å². The van der Waals surface area contributed by atoms with Gasteiger partial charge in [-0.15, -0.1) is 0 Å². The van der Waals surface area contributed by atoms with Crippen molar-refractivity contribution >= 4 is 22.8 Å². The number of carbonyl (C=O) groups is 1. The van der Waals surface area contributed by atoms with E-state index in [9.17, 15) is 4.79 Å². The number of aryl methyl sites for hydroxylation is 1. The maximum atomic E-state index is 10.7. The van der Waals surface area contributed by atoms with Gasteiger partial charge in [-0.3, -0.25) is 4.79 Å². The number of rotatable bonds is 5. The van der Waals surface area contributed by atoms with Gasteiger partial charge in [0.1, 0.15) is 0 Å². The summed E-state index contributed by atoms with van der Waals surface area (Å²) in [5.74, 6) is 0. The molecular weight excluding hydrogens is 212 g/mol. The summed E-state index contributed by atoms with van der Waals surface area (Å²) in [6, 6.07) is 0.250. The predicted octanol–water partition coefficient (Wildman–Crippen LogP) is 1.74. The normalized spacial score (nSPS) is 12.5. The number of methoxy groups -OCH3 is 1. The molecule has 4 nitrogen and oxygen atoms in total. The molecule has 0 N–H and O–H groups in total. The molecule has 0 saturated heterocycles. The molecule has 0 radical (unpaired) electrons. The van der Waals surface area contributed by atoms with Crippen LogP contribution in [0.15, 0.2) is 0 Å². The summed E-state index contributed by atoms with van der Waals surface area (Å²) >= 11 is 1.41. The van der Waals surface area contributed by atoms with E-state index in [0.29, 0.717) is 11.5 Å². The van der Waals surface area contributed by atoms with Crippen molar-refractivity contribution in [3.63, 3.8) is 0 Å². The van der Waals surface area contributed by atoms with E-state index in [1.807, 2.05) is 18.9 Å². The van der Waals surface area contributed by atoms with E-state index in [1.165, 1.54) is 11.3 Å². The highest BCUT2D eigenvalue weighted by Crippen LogP contribution is 2.24. The smallest absolute Gasteiger partial charge is 0.186 e. The minimum absolute atomic E-state index is 0.250. The molecule has 1 atom stereocenters. The fraction of sp³-hybridized carbons (Fsp3) is 0.600. The van der Waals surface area contributed by atoms with Crippen LogP contribution in [-0.4, -0.2) is 38.1 Å². The standard InChI is InChI=1S/C10H16N2O2S/c1-7(6-14-4)12(3)10-11-8(2)9(5-13)15-10/h5,7H,6H2,1-4H3. The number of likely N-dealkylation sites (N-methyl/N-ethyl adjacent to an activating group) is 1. The van der Waals surface area contributed by atoms with Crippen molar-refractivity contribution in [1.29, 1.82) is 0 Å². The van der Waals surface area contributed by atoms with E-state index in [2.05, 4.69) is 11.9 Å². The number of aromatic nitrogens is 1. The minimum Gasteiger partial charge on any atom is -0.383 e. The number of thiazole rings is 1. The summed E-state index contributed by atoms with van der Waals surface area (Å²) in [7, 11) is 3.63. The quantitative estimate of drug-likeness (QED) is 0.720. The zero-order valence-electron chi connectivity index (χ0n) is 9.48. The average molecular weight is 228 g/mol. The molecule has 1 unspecified atom stereocenters. The summed E-state index contributed by atoms with van der Waals surface area (Å²) in [6.45, 7) is 4.55. The molecule has 15 heavy (non-hydrogen) atoms. The molecule has 1 aromatic heterocycles. The van der Waals surface area contributed by atoms with Crippen LogP contribution in [0.3, 0.4) is 0 Å². The maximum absolute atomic E-state index is 10.7. The van der Waals surface area contributed by atoms with Gasteiger partial charge in [-0.05, 0) is 13.8 Å². The number of ether oxygens (including phenoxy) is 1. The third-order valence-corrected chi connectivity index (χ3v) is 3.47. The van der Waals surface area contributed by atoms with Gasteiger partial charge in [-0.25, -0.2) is 4.98 Å². The third-order valence-electron chi connectivity index (χ3n) is 2.30. The van der Waals surface area contributed by atoms with Gasteiger partial charge in [0, 0.05) is 14.2 Å². The summed E-state index contributed by atoms with van der Waals surface area (Å²) in [5.41, 5.74) is 0.793. The second kappa shape index (κ2) is 5.23. The Kier molecular flexibility index (Phi) is 4.23. The Morgan fingerprint density at radius 1 is 1.67 bits per heavy atom. The number of nitrogens with zero attached hydrogens (tertiary/aromatic N) is 2. The van der Waals surface area contributed by atoms with E-state index in [4.69, 9.17) is 4.74 Å². The number of hydrogen-bond donors (Lipinski definition) is 0. The highest BCUT2D eigenvalue weighted by molar-refractivity contribution is 7.17. The molecule has 0 aliphatic carbocycles. The Labute approximate surface area is 93.9 Å². The highest BCUT2D eigenvalue weighted by atomic mass is 32.1. The van der Waals surface area contributed by atoms with Crippen molar-refractivity contribution in [3.05, 3.63) is 10.6 Å². The fourth-order valence-electron chi connectivity index (χ4n) is 1.20. The van der Waals surface area contributed by atoms with Crippen LogP contribution in [0, 0.1) is 6.92 Å². The number of anilines is 1. The first-order valence-electron chi connectivity index (χ1n) is 4.74. The van der Waals surface area contributed by atoms with Gasteiger partial charge in [0.15, 0.2) is 11.4 Å². The Balaban J connectivity index is 2.81. The van der Waals surface area contributed by atoms with Crippen LogP contribution in [0.4, 0.5) is 5.13 Å². The van der Waals surface area contributed by atoms with Crippen LogP contribution in [0.1, 0.15) is 22.3 Å². The molecule has 0 amide bonds. The van der Waals surface area contributed by atoms with Gasteiger partial charge in [0.2, 0.25) is 0 Å². The van der Waals surface area contributed by atoms with Crippen molar-refractivity contribution in [2.24, 2.45) is 0 Å². The molecule has 0 bridgehead atoms. The number of aldehydes is 1. The van der Waals surface area contributed by atoms with Gasteiger partial charge >= 0.3 is 0 Å². The van der Waals surface area contributed by atoms with Crippen molar-refractivity contribution in [2.45, 2.75) is 19.9 Å². The Morgan fingerprint density at radius 3 is 2.80 bits per heavy atom. The van der Waals surface area contributed by atoms with Crippen LogP contribution in [0.25, 0.3) is 0 Å². The van der Waals surface area contributed by atoms with Crippen molar-refractivity contribution in [1.82, 2.24) is 4.98 Å². The zero-order valence-corrected chi connectivity index (χ0v) is 10.3. The van der Waals surface area contributed by atoms with Crippen molar-refractivity contribution in [2.75, 3.05) is 25.7 Å². The summed E-state index contributed by atoms with van der Waals surface area (Å²) in [6.07, 6.45) is 0.853. The van der Waals surface area contributed by atoms with Crippen LogP contribution < -0.4 is 4.90 Å². The van der Waals surface area contributed by atoms with Crippen LogP contribution in [0.5, 0.6) is 0 Å². The van der Waals surface area contributed by atoms with E-state index >= 15 is 0 Å². The SMILES string of the molecule is COCC(C)N(C)c1nc(C)c(C=O)s1. The zero-order chi connectivity index (χ0) is 11.4. The van der Waals surface area contributed by atoms with E-state index in [0.717, 1.165) is 17.1 Å². The van der Waals surface area contributed by atoms with Gasteiger partial charge < -0.3 is 9.64 Å². The molecule has 84 valence electrons. The van der Waals surface area contributed by atoms with E-state index in [-0.39, 0.29) is 6.04 Å². The molecule has 0 saturated carbocycles. The fourth-order valence-corrected chi connectivity index (χ4v) is 2.14. The maximum Gasteiger partial charge on any atom is 0.186 e. The first-order chi connectivity index (χ1) is 7.10. The molecule has 0 fully saturated rings. The van der Waals surface area contributed by atoms with E-state index < -0.39 is 0 Å². The lowest BCUT2D eigenvalue weighted by Crippen LogP contribution is -2.32. The lowest BCUT2D eigenvalue weighted by Gasteiger charge is -2.23. The average Bonchev–Trinajstić information content (AvgIpc) is 2.59. The van der Waals surface area contributed by atoms with E-state index in [1.54, 1.807) is 7.11 Å². The van der Waals surface area contributed by atoms with Crippen molar-refractivity contribution < 1.29 is 9.53 Å². The molecule has 0 aliphatic heterocycles. The second-order valence-electron chi connectivity index (χ2n) is 3.48. The summed E-state index contributed by atoms with van der Waals surface area (Å²) < 4.78 is 5.08.